The SMILES string of the molecule is c1ccc(-c2nc(-c3cccc(-c4ccnc(-c5nc6ccccc6c6ccccc56)c4)c3)c3sc4ccccc4c3n2)cc1. The number of aromatic nitrogens is 4. The van der Waals surface area contributed by atoms with Crippen LogP contribution >= 0.6 is 11.3 Å². The molecule has 0 spiro atoms. The Kier molecular flexibility index (Phi) is 5.96. The summed E-state index contributed by atoms with van der Waals surface area (Å²) in [5, 5.41) is 4.57. The van der Waals surface area contributed by atoms with E-state index < -0.39 is 0 Å². The van der Waals surface area contributed by atoms with Crippen molar-refractivity contribution in [2.45, 2.75) is 0 Å². The Morgan fingerprint density at radius 2 is 1.13 bits per heavy atom. The third kappa shape index (κ3) is 4.36. The zero-order valence-electron chi connectivity index (χ0n) is 24.1. The lowest BCUT2D eigenvalue weighted by atomic mass is 9.99. The van der Waals surface area contributed by atoms with Crippen molar-refractivity contribution in [2.75, 3.05) is 0 Å². The van der Waals surface area contributed by atoms with Crippen molar-refractivity contribution in [1.29, 1.82) is 0 Å². The topological polar surface area (TPSA) is 51.6 Å². The van der Waals surface area contributed by atoms with Crippen LogP contribution in [-0.4, -0.2) is 19.9 Å². The molecule has 210 valence electrons. The van der Waals surface area contributed by atoms with E-state index in [2.05, 4.69) is 115 Å². The molecule has 4 nitrogen and oxygen atoms in total. The van der Waals surface area contributed by atoms with E-state index in [0.29, 0.717) is 0 Å². The van der Waals surface area contributed by atoms with Crippen LogP contribution < -0.4 is 0 Å². The van der Waals surface area contributed by atoms with Gasteiger partial charge < -0.3 is 0 Å². The average Bonchev–Trinajstić information content (AvgIpc) is 3.50. The minimum absolute atomic E-state index is 0.729. The zero-order valence-corrected chi connectivity index (χ0v) is 24.9. The van der Waals surface area contributed by atoms with Gasteiger partial charge >= 0.3 is 0 Å². The molecule has 0 aliphatic rings. The number of para-hydroxylation sites is 1. The molecule has 0 unspecified atom stereocenters. The van der Waals surface area contributed by atoms with Gasteiger partial charge in [-0.25, -0.2) is 15.0 Å². The molecule has 0 N–H and O–H groups in total. The summed E-state index contributed by atoms with van der Waals surface area (Å²) < 4.78 is 2.30. The molecule has 9 rings (SSSR count). The summed E-state index contributed by atoms with van der Waals surface area (Å²) in [5.41, 5.74) is 8.85. The fourth-order valence-electron chi connectivity index (χ4n) is 6.19. The standard InChI is InChI=1S/C40H24N4S/c1-2-11-25(12-3-1)40-43-36(39-38(44-40)32-18-7-9-20-35(32)45-39)28-14-10-13-26(23-28)27-21-22-41-34(24-27)37-31-17-5-4-15-29(31)30-16-6-8-19-33(30)42-37/h1-24H. The second kappa shape index (κ2) is 10.4. The van der Waals surface area contributed by atoms with Crippen LogP contribution in [-0.2, 0) is 0 Å². The minimum Gasteiger partial charge on any atom is -0.255 e. The van der Waals surface area contributed by atoms with E-state index >= 15 is 0 Å². The van der Waals surface area contributed by atoms with Crippen molar-refractivity contribution in [3.8, 4) is 45.2 Å². The van der Waals surface area contributed by atoms with Crippen LogP contribution in [0.25, 0.3) is 87.1 Å². The van der Waals surface area contributed by atoms with Gasteiger partial charge in [-0.1, -0.05) is 109 Å². The van der Waals surface area contributed by atoms with Gasteiger partial charge in [-0.3, -0.25) is 4.98 Å². The average molecular weight is 593 g/mol. The number of nitrogens with zero attached hydrogens (tertiary/aromatic N) is 4. The summed E-state index contributed by atoms with van der Waals surface area (Å²) in [5.74, 6) is 0.729. The Morgan fingerprint density at radius 3 is 2.02 bits per heavy atom. The summed E-state index contributed by atoms with van der Waals surface area (Å²) in [6.45, 7) is 0. The van der Waals surface area contributed by atoms with Gasteiger partial charge in [0.2, 0.25) is 0 Å². The minimum atomic E-state index is 0.729. The van der Waals surface area contributed by atoms with Crippen LogP contribution in [0.4, 0.5) is 0 Å². The van der Waals surface area contributed by atoms with Gasteiger partial charge in [-0.05, 0) is 46.8 Å². The molecule has 45 heavy (non-hydrogen) atoms. The van der Waals surface area contributed by atoms with Crippen molar-refractivity contribution in [3.63, 3.8) is 0 Å². The van der Waals surface area contributed by atoms with Crippen molar-refractivity contribution in [3.05, 3.63) is 146 Å². The molecule has 0 aliphatic carbocycles. The van der Waals surface area contributed by atoms with E-state index in [1.807, 2.05) is 30.5 Å². The van der Waals surface area contributed by atoms with E-state index in [1.165, 1.54) is 10.1 Å². The molecular formula is C40H24N4S. The lowest BCUT2D eigenvalue weighted by Crippen LogP contribution is -1.94. The second-order valence-corrected chi connectivity index (χ2v) is 12.1. The molecule has 4 aromatic heterocycles. The molecule has 9 aromatic rings. The van der Waals surface area contributed by atoms with Crippen LogP contribution in [0, 0.1) is 0 Å². The summed E-state index contributed by atoms with van der Waals surface area (Å²) in [6, 6.07) is 48.3. The van der Waals surface area contributed by atoms with E-state index in [4.69, 9.17) is 19.9 Å². The number of hydrogen-bond acceptors (Lipinski definition) is 5. The number of thiophene rings is 1. The molecule has 0 saturated carbocycles. The molecule has 0 amide bonds. The highest BCUT2D eigenvalue weighted by atomic mass is 32.1. The molecule has 0 fully saturated rings. The summed E-state index contributed by atoms with van der Waals surface area (Å²) >= 11 is 1.75. The first-order valence-electron chi connectivity index (χ1n) is 14.9. The van der Waals surface area contributed by atoms with Crippen LogP contribution in [0.15, 0.2) is 146 Å². The Labute approximate surface area is 263 Å². The third-order valence-electron chi connectivity index (χ3n) is 8.33. The van der Waals surface area contributed by atoms with Crippen molar-refractivity contribution in [1.82, 2.24) is 19.9 Å². The van der Waals surface area contributed by atoms with E-state index in [1.54, 1.807) is 11.3 Å². The molecule has 0 atom stereocenters. The van der Waals surface area contributed by atoms with E-state index in [-0.39, 0.29) is 0 Å². The number of pyridine rings is 2. The lowest BCUT2D eigenvalue weighted by Gasteiger charge is -2.11. The smallest absolute Gasteiger partial charge is 0.160 e. The summed E-state index contributed by atoms with van der Waals surface area (Å²) in [7, 11) is 0. The summed E-state index contributed by atoms with van der Waals surface area (Å²) in [6.07, 6.45) is 1.88. The Balaban J connectivity index is 1.21. The van der Waals surface area contributed by atoms with Gasteiger partial charge in [-0.15, -0.1) is 11.3 Å². The molecular weight excluding hydrogens is 569 g/mol. The quantitative estimate of drug-likeness (QED) is 0.191. The van der Waals surface area contributed by atoms with Crippen molar-refractivity contribution < 1.29 is 0 Å². The fraction of sp³-hybridized carbons (Fsp3) is 0. The van der Waals surface area contributed by atoms with E-state index in [9.17, 15) is 0 Å². The molecule has 0 aliphatic heterocycles. The number of hydrogen-bond donors (Lipinski definition) is 0. The van der Waals surface area contributed by atoms with Crippen LogP contribution in [0.2, 0.25) is 0 Å². The highest BCUT2D eigenvalue weighted by molar-refractivity contribution is 7.26. The predicted octanol–water partition coefficient (Wildman–Crippen LogP) is 10.6. The predicted molar refractivity (Wildman–Crippen MR) is 187 cm³/mol. The molecule has 0 bridgehead atoms. The maximum Gasteiger partial charge on any atom is 0.160 e. The van der Waals surface area contributed by atoms with Gasteiger partial charge in [0.1, 0.15) is 0 Å². The third-order valence-corrected chi connectivity index (χ3v) is 9.50. The Bertz CT molecular complexity index is 2550. The van der Waals surface area contributed by atoms with Gasteiger partial charge in [0.15, 0.2) is 5.82 Å². The van der Waals surface area contributed by atoms with Crippen molar-refractivity contribution in [2.24, 2.45) is 0 Å². The molecule has 0 radical (unpaired) electrons. The van der Waals surface area contributed by atoms with Crippen LogP contribution in [0.5, 0.6) is 0 Å². The monoisotopic (exact) mass is 592 g/mol. The lowest BCUT2D eigenvalue weighted by molar-refractivity contribution is 1.24. The van der Waals surface area contributed by atoms with Gasteiger partial charge in [0.05, 0.1) is 32.8 Å². The molecule has 4 heterocycles. The highest BCUT2D eigenvalue weighted by Gasteiger charge is 2.17. The fourth-order valence-corrected chi connectivity index (χ4v) is 7.34. The normalized spacial score (nSPS) is 11.6. The summed E-state index contributed by atoms with van der Waals surface area (Å²) in [4.78, 5) is 20.1. The van der Waals surface area contributed by atoms with Crippen LogP contribution in [0.3, 0.4) is 0 Å². The van der Waals surface area contributed by atoms with Crippen LogP contribution in [0.1, 0.15) is 0 Å². The molecule has 0 saturated heterocycles. The Hall–Kier alpha value is -5.78. The van der Waals surface area contributed by atoms with Gasteiger partial charge in [-0.2, -0.15) is 0 Å². The van der Waals surface area contributed by atoms with E-state index in [0.717, 1.165) is 77.1 Å². The first-order chi connectivity index (χ1) is 22.3. The Morgan fingerprint density at radius 1 is 0.444 bits per heavy atom. The first-order valence-corrected chi connectivity index (χ1v) is 15.7. The highest BCUT2D eigenvalue weighted by Crippen LogP contribution is 2.40. The number of benzene rings is 5. The molecule has 5 heteroatoms. The van der Waals surface area contributed by atoms with Gasteiger partial charge in [0.25, 0.3) is 0 Å². The molecule has 5 aromatic carbocycles. The first kappa shape index (κ1) is 25.7. The van der Waals surface area contributed by atoms with Crippen molar-refractivity contribution >= 4 is 53.3 Å². The number of rotatable bonds is 4. The van der Waals surface area contributed by atoms with Gasteiger partial charge in [0, 0.05) is 38.2 Å². The number of fused-ring (bicyclic) bond motifs is 6. The second-order valence-electron chi connectivity index (χ2n) is 11.1. The maximum absolute atomic E-state index is 5.18. The zero-order chi connectivity index (χ0) is 29.7. The maximum atomic E-state index is 5.18. The largest absolute Gasteiger partial charge is 0.255 e.